The summed E-state index contributed by atoms with van der Waals surface area (Å²) in [5.74, 6) is 0.321. The predicted octanol–water partition coefficient (Wildman–Crippen LogP) is 1.38. The van der Waals surface area contributed by atoms with Crippen LogP contribution < -0.4 is 5.32 Å². The maximum atomic E-state index is 12.9. The van der Waals surface area contributed by atoms with E-state index >= 15 is 0 Å². The molecule has 1 aliphatic carbocycles. The van der Waals surface area contributed by atoms with Gasteiger partial charge in [0.05, 0.1) is 24.9 Å². The molecule has 0 bridgehead atoms. The van der Waals surface area contributed by atoms with Crippen molar-refractivity contribution in [2.24, 2.45) is 5.92 Å². The zero-order valence-corrected chi connectivity index (χ0v) is 17.8. The lowest BCUT2D eigenvalue weighted by Crippen LogP contribution is -2.50. The van der Waals surface area contributed by atoms with Gasteiger partial charge in [-0.05, 0) is 50.5 Å². The van der Waals surface area contributed by atoms with Crippen LogP contribution in [0.2, 0.25) is 0 Å². The monoisotopic (exact) mass is 418 g/mol. The lowest BCUT2D eigenvalue weighted by atomic mass is 9.94. The van der Waals surface area contributed by atoms with E-state index in [0.29, 0.717) is 52.4 Å². The van der Waals surface area contributed by atoms with Crippen LogP contribution in [0.15, 0.2) is 0 Å². The number of ether oxygens (including phenoxy) is 2. The maximum Gasteiger partial charge on any atom is 0.223 e. The van der Waals surface area contributed by atoms with Gasteiger partial charge in [-0.2, -0.15) is 5.10 Å². The number of rotatable bonds is 7. The predicted molar refractivity (Wildman–Crippen MR) is 111 cm³/mol. The van der Waals surface area contributed by atoms with Crippen molar-refractivity contribution in [3.63, 3.8) is 0 Å². The van der Waals surface area contributed by atoms with Gasteiger partial charge in [0.15, 0.2) is 0 Å². The molecular weight excluding hydrogens is 384 g/mol. The van der Waals surface area contributed by atoms with Crippen molar-refractivity contribution in [3.8, 4) is 0 Å². The molecule has 2 fully saturated rings. The Morgan fingerprint density at radius 1 is 1.13 bits per heavy atom. The average molecular weight is 419 g/mol. The van der Waals surface area contributed by atoms with Gasteiger partial charge < -0.3 is 19.7 Å². The highest BCUT2D eigenvalue weighted by Gasteiger charge is 2.28. The third kappa shape index (κ3) is 5.21. The maximum absolute atomic E-state index is 12.9. The Labute approximate surface area is 178 Å². The summed E-state index contributed by atoms with van der Waals surface area (Å²) in [5, 5.41) is 10.7. The molecule has 3 aliphatic rings. The van der Waals surface area contributed by atoms with Gasteiger partial charge in [0, 0.05) is 50.8 Å². The van der Waals surface area contributed by atoms with Crippen molar-refractivity contribution in [2.45, 2.75) is 63.8 Å². The van der Waals surface area contributed by atoms with Crippen LogP contribution in [0, 0.1) is 5.92 Å². The average Bonchev–Trinajstić information content (AvgIpc) is 3.21. The molecule has 0 radical (unpaired) electrons. The second kappa shape index (κ2) is 10.4. The molecule has 0 saturated carbocycles. The van der Waals surface area contributed by atoms with Crippen LogP contribution in [0.1, 0.15) is 55.5 Å². The van der Waals surface area contributed by atoms with Gasteiger partial charge in [-0.15, -0.1) is 0 Å². The van der Waals surface area contributed by atoms with Crippen molar-refractivity contribution in [3.05, 3.63) is 17.0 Å². The molecule has 0 aromatic carbocycles. The third-order valence-electron chi connectivity index (χ3n) is 6.63. The summed E-state index contributed by atoms with van der Waals surface area (Å²) < 4.78 is 10.9. The largest absolute Gasteiger partial charge is 0.381 e. The molecule has 2 amide bonds. The van der Waals surface area contributed by atoms with Gasteiger partial charge in [-0.1, -0.05) is 0 Å². The van der Waals surface area contributed by atoms with Crippen LogP contribution in [-0.4, -0.2) is 72.5 Å². The Morgan fingerprint density at radius 2 is 1.97 bits per heavy atom. The molecule has 1 unspecified atom stereocenters. The molecule has 0 spiro atoms. The van der Waals surface area contributed by atoms with E-state index in [2.05, 4.69) is 15.5 Å². The van der Waals surface area contributed by atoms with Gasteiger partial charge in [0.1, 0.15) is 0 Å². The first kappa shape index (κ1) is 21.3. The highest BCUT2D eigenvalue weighted by Crippen LogP contribution is 2.23. The smallest absolute Gasteiger partial charge is 0.223 e. The Bertz CT molecular complexity index is 729. The van der Waals surface area contributed by atoms with E-state index in [-0.39, 0.29) is 23.8 Å². The third-order valence-corrected chi connectivity index (χ3v) is 6.63. The SMILES string of the molecule is O=C(NCCC1COCCN1C(=O)CCc1n[nH]c2c1CCCC2)C1CCOCC1. The van der Waals surface area contributed by atoms with E-state index < -0.39 is 0 Å². The number of fused-ring (bicyclic) bond motifs is 1. The molecule has 1 aromatic rings. The van der Waals surface area contributed by atoms with Crippen molar-refractivity contribution in [2.75, 3.05) is 39.5 Å². The molecule has 2 N–H and O–H groups in total. The summed E-state index contributed by atoms with van der Waals surface area (Å²) in [6.45, 7) is 3.63. The Balaban J connectivity index is 1.25. The number of nitrogens with one attached hydrogen (secondary N) is 2. The van der Waals surface area contributed by atoms with Crippen LogP contribution >= 0.6 is 0 Å². The van der Waals surface area contributed by atoms with Gasteiger partial charge in [-0.25, -0.2) is 0 Å². The molecule has 2 aliphatic heterocycles. The standard InChI is InChI=1S/C22H34N4O4/c27-21(6-5-20-18-3-1-2-4-19(18)24-25-20)26-11-14-30-15-17(26)7-10-23-22(28)16-8-12-29-13-9-16/h16-17H,1-15H2,(H,23,28)(H,24,25). The second-order valence-corrected chi connectivity index (χ2v) is 8.62. The van der Waals surface area contributed by atoms with Gasteiger partial charge in [0.2, 0.25) is 11.8 Å². The molecular formula is C22H34N4O4. The van der Waals surface area contributed by atoms with E-state index in [4.69, 9.17) is 9.47 Å². The molecule has 4 rings (SSSR count). The number of nitrogens with zero attached hydrogens (tertiary/aromatic N) is 2. The first-order chi connectivity index (χ1) is 14.7. The number of aryl methyl sites for hydroxylation is 2. The summed E-state index contributed by atoms with van der Waals surface area (Å²) in [6, 6.07) is 0.0225. The van der Waals surface area contributed by atoms with E-state index in [1.807, 2.05) is 4.90 Å². The number of H-pyrrole nitrogens is 1. The van der Waals surface area contributed by atoms with Crippen molar-refractivity contribution >= 4 is 11.8 Å². The zero-order chi connectivity index (χ0) is 20.8. The van der Waals surface area contributed by atoms with Crippen LogP contribution in [0.3, 0.4) is 0 Å². The molecule has 2 saturated heterocycles. The van der Waals surface area contributed by atoms with Gasteiger partial charge >= 0.3 is 0 Å². The van der Waals surface area contributed by atoms with E-state index in [1.165, 1.54) is 24.1 Å². The lowest BCUT2D eigenvalue weighted by molar-refractivity contribution is -0.140. The number of morpholine rings is 1. The number of aromatic amines is 1. The lowest BCUT2D eigenvalue weighted by Gasteiger charge is -2.36. The van der Waals surface area contributed by atoms with Gasteiger partial charge in [-0.3, -0.25) is 14.7 Å². The summed E-state index contributed by atoms with van der Waals surface area (Å²) in [5.41, 5.74) is 3.66. The van der Waals surface area contributed by atoms with E-state index in [9.17, 15) is 9.59 Å². The molecule has 30 heavy (non-hydrogen) atoms. The Kier molecular flexibility index (Phi) is 7.38. The van der Waals surface area contributed by atoms with Crippen LogP contribution in [0.25, 0.3) is 0 Å². The van der Waals surface area contributed by atoms with E-state index in [1.54, 1.807) is 0 Å². The number of aromatic nitrogens is 2. The summed E-state index contributed by atoms with van der Waals surface area (Å²) in [7, 11) is 0. The van der Waals surface area contributed by atoms with Crippen LogP contribution in [-0.2, 0) is 38.3 Å². The normalized spacial score (nSPS) is 22.5. The fraction of sp³-hybridized carbons (Fsp3) is 0.773. The fourth-order valence-electron chi connectivity index (χ4n) is 4.81. The minimum absolute atomic E-state index is 0.0225. The highest BCUT2D eigenvalue weighted by atomic mass is 16.5. The van der Waals surface area contributed by atoms with E-state index in [0.717, 1.165) is 37.8 Å². The number of carbonyl (C=O) groups excluding carboxylic acids is 2. The van der Waals surface area contributed by atoms with Crippen LogP contribution in [0.5, 0.6) is 0 Å². The number of carbonyl (C=O) groups is 2. The number of amides is 2. The Hall–Kier alpha value is -1.93. The minimum Gasteiger partial charge on any atom is -0.381 e. The molecule has 8 heteroatoms. The zero-order valence-electron chi connectivity index (χ0n) is 17.8. The molecule has 1 atom stereocenters. The first-order valence-electron chi connectivity index (χ1n) is 11.5. The van der Waals surface area contributed by atoms with Crippen molar-refractivity contribution in [1.29, 1.82) is 0 Å². The van der Waals surface area contributed by atoms with Crippen molar-refractivity contribution in [1.82, 2.24) is 20.4 Å². The molecule has 3 heterocycles. The molecule has 8 nitrogen and oxygen atoms in total. The highest BCUT2D eigenvalue weighted by molar-refractivity contribution is 5.78. The first-order valence-corrected chi connectivity index (χ1v) is 11.5. The fourth-order valence-corrected chi connectivity index (χ4v) is 4.81. The van der Waals surface area contributed by atoms with Crippen LogP contribution in [0.4, 0.5) is 0 Å². The number of hydrogen-bond acceptors (Lipinski definition) is 5. The summed E-state index contributed by atoms with van der Waals surface area (Å²) in [4.78, 5) is 27.2. The topological polar surface area (TPSA) is 96.5 Å². The Morgan fingerprint density at radius 3 is 2.83 bits per heavy atom. The second-order valence-electron chi connectivity index (χ2n) is 8.62. The summed E-state index contributed by atoms with van der Waals surface area (Å²) >= 11 is 0. The minimum atomic E-state index is 0.0225. The molecule has 1 aromatic heterocycles. The van der Waals surface area contributed by atoms with Gasteiger partial charge in [0.25, 0.3) is 0 Å². The number of hydrogen-bond donors (Lipinski definition) is 2. The van der Waals surface area contributed by atoms with Crippen molar-refractivity contribution < 1.29 is 19.1 Å². The molecule has 166 valence electrons. The summed E-state index contributed by atoms with van der Waals surface area (Å²) in [6.07, 6.45) is 8.03. The quantitative estimate of drug-likeness (QED) is 0.697.